The number of hydrogen-bond acceptors (Lipinski definition) is 2. The summed E-state index contributed by atoms with van der Waals surface area (Å²) in [6, 6.07) is 0. The van der Waals surface area contributed by atoms with Crippen molar-refractivity contribution in [2.24, 2.45) is 5.73 Å². The molecule has 0 unspecified atom stereocenters. The van der Waals surface area contributed by atoms with Gasteiger partial charge in [0.05, 0.1) is 16.3 Å². The zero-order chi connectivity index (χ0) is 12.5. The van der Waals surface area contributed by atoms with Crippen LogP contribution in [0.25, 0.3) is 0 Å². The maximum absolute atomic E-state index is 11.4. The lowest BCUT2D eigenvalue weighted by Crippen LogP contribution is -2.17. The fourth-order valence-electron chi connectivity index (χ4n) is 1.59. The summed E-state index contributed by atoms with van der Waals surface area (Å²) < 4.78 is 0. The molecule has 4 heteroatoms. The maximum Gasteiger partial charge on any atom is 0.252 e. The fourth-order valence-corrected chi connectivity index (χ4v) is 2.05. The number of halogens is 1. The number of hydrogen-bond donors (Lipinski definition) is 1. The van der Waals surface area contributed by atoms with E-state index in [0.717, 1.165) is 5.56 Å². The van der Waals surface area contributed by atoms with Crippen LogP contribution in [-0.2, 0) is 0 Å². The molecular formula is C12H17ClN2O. The largest absolute Gasteiger partial charge is 0.365 e. The Balaban J connectivity index is 3.48. The smallest absolute Gasteiger partial charge is 0.252 e. The summed E-state index contributed by atoms with van der Waals surface area (Å²) in [6.07, 6.45) is 1.73. The minimum atomic E-state index is -0.510. The third kappa shape index (κ3) is 2.35. The first-order valence-electron chi connectivity index (χ1n) is 5.34. The summed E-state index contributed by atoms with van der Waals surface area (Å²) >= 11 is 6.21. The lowest BCUT2D eigenvalue weighted by molar-refractivity contribution is 0.0998. The van der Waals surface area contributed by atoms with Crippen molar-refractivity contribution < 1.29 is 4.79 Å². The second-order valence-electron chi connectivity index (χ2n) is 4.46. The van der Waals surface area contributed by atoms with Gasteiger partial charge < -0.3 is 5.73 Å². The summed E-state index contributed by atoms with van der Waals surface area (Å²) in [7, 11) is 0. The molecule has 2 N–H and O–H groups in total. The molecular weight excluding hydrogens is 224 g/mol. The van der Waals surface area contributed by atoms with Gasteiger partial charge in [-0.05, 0) is 17.4 Å². The third-order valence-electron chi connectivity index (χ3n) is 2.49. The van der Waals surface area contributed by atoms with E-state index in [-0.39, 0.29) is 11.8 Å². The van der Waals surface area contributed by atoms with Gasteiger partial charge in [-0.2, -0.15) is 0 Å². The molecule has 0 radical (unpaired) electrons. The standard InChI is InChI=1S/C12H17ClN2O/c1-6(2)8-5-15-11(7(3)4)9(10(8)13)12(14)16/h5-7H,1-4H3,(H2,14,16). The SMILES string of the molecule is CC(C)c1cnc(C(C)C)c(C(N)=O)c1Cl. The Bertz CT molecular complexity index is 414. The maximum atomic E-state index is 11.4. The van der Waals surface area contributed by atoms with E-state index in [2.05, 4.69) is 4.98 Å². The number of aromatic nitrogens is 1. The minimum absolute atomic E-state index is 0.126. The number of carbonyl (C=O) groups is 1. The molecule has 0 fully saturated rings. The van der Waals surface area contributed by atoms with Crippen LogP contribution >= 0.6 is 11.6 Å². The predicted molar refractivity (Wildman–Crippen MR) is 65.9 cm³/mol. The number of pyridine rings is 1. The molecule has 0 atom stereocenters. The fraction of sp³-hybridized carbons (Fsp3) is 0.500. The highest BCUT2D eigenvalue weighted by molar-refractivity contribution is 6.34. The van der Waals surface area contributed by atoms with Crippen molar-refractivity contribution in [3.05, 3.63) is 28.0 Å². The average Bonchev–Trinajstić information content (AvgIpc) is 2.15. The lowest BCUT2D eigenvalue weighted by Gasteiger charge is -2.15. The zero-order valence-electron chi connectivity index (χ0n) is 10.0. The lowest BCUT2D eigenvalue weighted by atomic mass is 9.97. The van der Waals surface area contributed by atoms with Crippen LogP contribution < -0.4 is 5.73 Å². The second-order valence-corrected chi connectivity index (χ2v) is 4.84. The topological polar surface area (TPSA) is 56.0 Å². The molecule has 1 aromatic rings. The number of carbonyl (C=O) groups excluding carboxylic acids is 1. The van der Waals surface area contributed by atoms with E-state index in [4.69, 9.17) is 17.3 Å². The van der Waals surface area contributed by atoms with Gasteiger partial charge in [-0.3, -0.25) is 9.78 Å². The Morgan fingerprint density at radius 2 is 1.88 bits per heavy atom. The highest BCUT2D eigenvalue weighted by Crippen LogP contribution is 2.30. The van der Waals surface area contributed by atoms with Gasteiger partial charge in [-0.15, -0.1) is 0 Å². The monoisotopic (exact) mass is 240 g/mol. The van der Waals surface area contributed by atoms with Crippen LogP contribution in [0.2, 0.25) is 5.02 Å². The summed E-state index contributed by atoms with van der Waals surface area (Å²) in [5.41, 5.74) is 7.25. The van der Waals surface area contributed by atoms with E-state index >= 15 is 0 Å². The molecule has 0 aliphatic rings. The first kappa shape index (κ1) is 13.0. The summed E-state index contributed by atoms with van der Waals surface area (Å²) in [4.78, 5) is 15.7. The molecule has 0 aliphatic heterocycles. The van der Waals surface area contributed by atoms with Crippen LogP contribution in [0.5, 0.6) is 0 Å². The Morgan fingerprint density at radius 1 is 1.31 bits per heavy atom. The Labute approximate surface area is 101 Å². The van der Waals surface area contributed by atoms with Gasteiger partial charge in [0.15, 0.2) is 0 Å². The van der Waals surface area contributed by atoms with Gasteiger partial charge in [0.1, 0.15) is 0 Å². The molecule has 0 aliphatic carbocycles. The average molecular weight is 241 g/mol. The van der Waals surface area contributed by atoms with Crippen LogP contribution in [0.1, 0.15) is 61.1 Å². The van der Waals surface area contributed by atoms with Gasteiger partial charge in [0, 0.05) is 6.20 Å². The van der Waals surface area contributed by atoms with Crippen molar-refractivity contribution in [1.82, 2.24) is 4.98 Å². The van der Waals surface area contributed by atoms with Crippen LogP contribution in [0.4, 0.5) is 0 Å². The van der Waals surface area contributed by atoms with Crippen LogP contribution in [-0.4, -0.2) is 10.9 Å². The van der Waals surface area contributed by atoms with Crippen LogP contribution in [0, 0.1) is 0 Å². The van der Waals surface area contributed by atoms with Gasteiger partial charge in [0.2, 0.25) is 0 Å². The molecule has 16 heavy (non-hydrogen) atoms. The van der Waals surface area contributed by atoms with Crippen LogP contribution in [0.15, 0.2) is 6.20 Å². The molecule has 88 valence electrons. The number of amides is 1. The third-order valence-corrected chi connectivity index (χ3v) is 2.89. The van der Waals surface area contributed by atoms with E-state index in [1.165, 1.54) is 0 Å². The molecule has 0 spiro atoms. The first-order valence-corrected chi connectivity index (χ1v) is 5.72. The highest BCUT2D eigenvalue weighted by atomic mass is 35.5. The molecule has 0 bridgehead atoms. The molecule has 0 saturated heterocycles. The Hall–Kier alpha value is -1.09. The van der Waals surface area contributed by atoms with Gasteiger partial charge in [-0.1, -0.05) is 39.3 Å². The molecule has 1 rings (SSSR count). The molecule has 1 heterocycles. The highest BCUT2D eigenvalue weighted by Gasteiger charge is 2.20. The van der Waals surface area contributed by atoms with Gasteiger partial charge >= 0.3 is 0 Å². The zero-order valence-corrected chi connectivity index (χ0v) is 10.8. The number of nitrogens with zero attached hydrogens (tertiary/aromatic N) is 1. The summed E-state index contributed by atoms with van der Waals surface area (Å²) in [5.74, 6) is -0.163. The van der Waals surface area contributed by atoms with E-state index in [1.807, 2.05) is 27.7 Å². The molecule has 1 amide bonds. The van der Waals surface area contributed by atoms with E-state index in [9.17, 15) is 4.79 Å². The normalized spacial score (nSPS) is 11.2. The quantitative estimate of drug-likeness (QED) is 0.883. The van der Waals surface area contributed by atoms with E-state index < -0.39 is 5.91 Å². The van der Waals surface area contributed by atoms with Gasteiger partial charge in [-0.25, -0.2) is 0 Å². The van der Waals surface area contributed by atoms with Crippen molar-refractivity contribution in [1.29, 1.82) is 0 Å². The van der Waals surface area contributed by atoms with Crippen molar-refractivity contribution >= 4 is 17.5 Å². The molecule has 3 nitrogen and oxygen atoms in total. The molecule has 1 aromatic heterocycles. The molecule has 0 aromatic carbocycles. The Kier molecular flexibility index (Phi) is 3.92. The molecule has 0 saturated carbocycles. The van der Waals surface area contributed by atoms with E-state index in [1.54, 1.807) is 6.20 Å². The Morgan fingerprint density at radius 3 is 2.25 bits per heavy atom. The summed E-state index contributed by atoms with van der Waals surface area (Å²) in [5, 5.41) is 0.446. The second kappa shape index (κ2) is 4.83. The van der Waals surface area contributed by atoms with Crippen molar-refractivity contribution in [3.63, 3.8) is 0 Å². The van der Waals surface area contributed by atoms with Gasteiger partial charge in [0.25, 0.3) is 5.91 Å². The van der Waals surface area contributed by atoms with Crippen molar-refractivity contribution in [2.45, 2.75) is 39.5 Å². The minimum Gasteiger partial charge on any atom is -0.365 e. The number of primary amides is 1. The first-order chi connectivity index (χ1) is 7.36. The van der Waals surface area contributed by atoms with E-state index in [0.29, 0.717) is 16.3 Å². The van der Waals surface area contributed by atoms with Crippen LogP contribution in [0.3, 0.4) is 0 Å². The number of rotatable bonds is 3. The van der Waals surface area contributed by atoms with Crippen molar-refractivity contribution in [2.75, 3.05) is 0 Å². The number of nitrogens with two attached hydrogens (primary N) is 1. The summed E-state index contributed by atoms with van der Waals surface area (Å²) in [6.45, 7) is 7.92. The van der Waals surface area contributed by atoms with Crippen molar-refractivity contribution in [3.8, 4) is 0 Å². The predicted octanol–water partition coefficient (Wildman–Crippen LogP) is 3.08.